The van der Waals surface area contributed by atoms with E-state index in [0.29, 0.717) is 58.8 Å². The fourth-order valence-electron chi connectivity index (χ4n) is 12.0. The quantitative estimate of drug-likeness (QED) is 0.0823. The third-order valence-corrected chi connectivity index (χ3v) is 15.6. The minimum Gasteiger partial charge on any atom is -0.325 e. The largest absolute Gasteiger partial charge is 0.325 e. The summed E-state index contributed by atoms with van der Waals surface area (Å²) in [4.78, 5) is 81.9. The monoisotopic (exact) mass is 927 g/mol. The van der Waals surface area contributed by atoms with Crippen molar-refractivity contribution in [2.45, 2.75) is 113 Å². The Morgan fingerprint density at radius 1 is 0.864 bits per heavy atom. The number of nitrogens with zero attached hydrogens (tertiary/aromatic N) is 1. The molecule has 4 N–H and O–H groups in total. The number of carbonyl (C=O) groups is 6. The first-order valence-corrected chi connectivity index (χ1v) is 23.7. The number of ketones is 1. The van der Waals surface area contributed by atoms with Crippen LogP contribution < -0.4 is 21.3 Å². The topological polar surface area (TPSA) is 154 Å². The molecule has 5 amide bonds. The van der Waals surface area contributed by atoms with Crippen LogP contribution in [0, 0.1) is 29.5 Å². The van der Waals surface area contributed by atoms with E-state index in [-0.39, 0.29) is 58.9 Å². The molecule has 4 heterocycles. The number of fused-ring (bicyclic) bond motifs is 4. The van der Waals surface area contributed by atoms with Crippen LogP contribution in [0.5, 0.6) is 0 Å². The molecule has 0 radical (unpaired) electrons. The van der Waals surface area contributed by atoms with E-state index in [2.05, 4.69) is 33.1 Å². The molecule has 2 spiro atoms. The van der Waals surface area contributed by atoms with Gasteiger partial charge in [-0.15, -0.1) is 0 Å². The van der Waals surface area contributed by atoms with Crippen LogP contribution in [0.4, 0.5) is 15.8 Å². The second-order valence-electron chi connectivity index (χ2n) is 18.8. The summed E-state index contributed by atoms with van der Waals surface area (Å²) in [6, 6.07) is 20.5. The van der Waals surface area contributed by atoms with E-state index in [1.54, 1.807) is 60.7 Å². The second-order valence-corrected chi connectivity index (χ2v) is 19.6. The van der Waals surface area contributed by atoms with Gasteiger partial charge in [-0.3, -0.25) is 39.4 Å². The van der Waals surface area contributed by atoms with Crippen molar-refractivity contribution < 1.29 is 33.2 Å². The highest BCUT2D eigenvalue weighted by molar-refractivity contribution is 6.31. The highest BCUT2D eigenvalue weighted by Gasteiger charge is 2.72. The Labute approximate surface area is 391 Å². The van der Waals surface area contributed by atoms with Gasteiger partial charge in [0.1, 0.15) is 17.3 Å². The second kappa shape index (κ2) is 17.4. The highest BCUT2D eigenvalue weighted by atomic mass is 35.5. The van der Waals surface area contributed by atoms with Gasteiger partial charge in [-0.2, -0.15) is 0 Å². The predicted octanol–water partition coefficient (Wildman–Crippen LogP) is 8.61. The lowest BCUT2D eigenvalue weighted by Crippen LogP contribution is -2.60. The zero-order chi connectivity index (χ0) is 45.9. The Morgan fingerprint density at radius 2 is 1.62 bits per heavy atom. The SMILES string of the molecule is O=C1CCC(N2Cc3c(C#CC4CCC(CC(=O)c5ccc(NC(=O)[C@@H]6NC7(CCCCC7)[C@@]7(C(=O)Nc8cc(Cl)ccc87)[C@H]6c6cccc(Cl)c6F)cc5)CC4)cccc3C2=O)C(=O)N1. The lowest BCUT2D eigenvalue weighted by molar-refractivity contribution is -0.137. The van der Waals surface area contributed by atoms with Gasteiger partial charge >= 0.3 is 0 Å². The number of hydrogen-bond donors (Lipinski definition) is 4. The molecule has 2 aliphatic carbocycles. The first kappa shape index (κ1) is 44.0. The Bertz CT molecular complexity index is 2770. The van der Waals surface area contributed by atoms with Crippen LogP contribution in [0.25, 0.3) is 0 Å². The lowest BCUT2D eigenvalue weighted by atomic mass is 9.55. The number of hydrogen-bond acceptors (Lipinski definition) is 7. The van der Waals surface area contributed by atoms with Crippen LogP contribution >= 0.6 is 23.2 Å². The minimum atomic E-state index is -1.35. The van der Waals surface area contributed by atoms with E-state index >= 15 is 4.39 Å². The summed E-state index contributed by atoms with van der Waals surface area (Å²) in [5, 5.41) is 12.4. The smallest absolute Gasteiger partial charge is 0.255 e. The van der Waals surface area contributed by atoms with Crippen molar-refractivity contribution in [2.75, 3.05) is 10.6 Å². The van der Waals surface area contributed by atoms with Gasteiger partial charge in [-0.05, 0) is 122 Å². The van der Waals surface area contributed by atoms with Gasteiger partial charge < -0.3 is 15.5 Å². The number of piperidine rings is 1. The maximum Gasteiger partial charge on any atom is 0.255 e. The number of imide groups is 1. The van der Waals surface area contributed by atoms with Crippen LogP contribution in [-0.4, -0.2) is 57.8 Å². The van der Waals surface area contributed by atoms with Gasteiger partial charge in [0.15, 0.2) is 5.78 Å². The molecule has 2 saturated carbocycles. The fraction of sp³-hybridized carbons (Fsp3) is 0.385. The van der Waals surface area contributed by atoms with Gasteiger partial charge in [0.2, 0.25) is 23.6 Å². The van der Waals surface area contributed by atoms with Crippen molar-refractivity contribution >= 4 is 69.9 Å². The molecule has 4 atom stereocenters. The Hall–Kier alpha value is -5.87. The third kappa shape index (κ3) is 7.49. The van der Waals surface area contributed by atoms with Gasteiger partial charge in [-0.25, -0.2) is 4.39 Å². The van der Waals surface area contributed by atoms with Crippen molar-refractivity contribution in [3.05, 3.63) is 128 Å². The molecule has 6 aliphatic rings. The first-order valence-electron chi connectivity index (χ1n) is 22.9. The van der Waals surface area contributed by atoms with E-state index < -0.39 is 46.6 Å². The third-order valence-electron chi connectivity index (χ3n) is 15.1. The van der Waals surface area contributed by atoms with Crippen molar-refractivity contribution in [2.24, 2.45) is 11.8 Å². The number of rotatable bonds is 7. The number of anilines is 2. The number of nitrogens with one attached hydrogen (secondary N) is 4. The van der Waals surface area contributed by atoms with Crippen molar-refractivity contribution in [1.82, 2.24) is 15.5 Å². The first-order chi connectivity index (χ1) is 31.9. The van der Waals surface area contributed by atoms with E-state index in [0.717, 1.165) is 56.1 Å². The van der Waals surface area contributed by atoms with Crippen molar-refractivity contribution in [3.8, 4) is 11.8 Å². The van der Waals surface area contributed by atoms with Crippen molar-refractivity contribution in [3.63, 3.8) is 0 Å². The van der Waals surface area contributed by atoms with Crippen LogP contribution in [-0.2, 0) is 31.1 Å². The molecule has 4 aliphatic heterocycles. The van der Waals surface area contributed by atoms with Crippen LogP contribution in [0.15, 0.2) is 78.9 Å². The van der Waals surface area contributed by atoms with Crippen LogP contribution in [0.3, 0.4) is 0 Å². The number of halogens is 3. The zero-order valence-corrected chi connectivity index (χ0v) is 37.6. The number of carbonyl (C=O) groups excluding carboxylic acids is 6. The summed E-state index contributed by atoms with van der Waals surface area (Å²) in [5.74, 6) is 3.69. The summed E-state index contributed by atoms with van der Waals surface area (Å²) in [7, 11) is 0. The van der Waals surface area contributed by atoms with Crippen LogP contribution in [0.2, 0.25) is 10.0 Å². The number of amides is 5. The molecule has 4 fully saturated rings. The summed E-state index contributed by atoms with van der Waals surface area (Å²) in [6.07, 6.45) is 8.06. The normalized spacial score (nSPS) is 26.3. The summed E-state index contributed by atoms with van der Waals surface area (Å²) >= 11 is 12.8. The number of Topliss-reactive ketones (excluding diaryl/α,β-unsaturated/α-hetero) is 1. The fourth-order valence-corrected chi connectivity index (χ4v) is 12.3. The average Bonchev–Trinajstić information content (AvgIpc) is 3.91. The molecule has 2 saturated heterocycles. The molecule has 1 unspecified atom stereocenters. The molecular weight excluding hydrogens is 881 g/mol. The molecule has 4 aromatic carbocycles. The van der Waals surface area contributed by atoms with Gasteiger partial charge in [0.25, 0.3) is 5.91 Å². The molecule has 14 heteroatoms. The van der Waals surface area contributed by atoms with Gasteiger partial charge in [0.05, 0.1) is 11.1 Å². The van der Waals surface area contributed by atoms with Gasteiger partial charge in [0, 0.05) is 69.8 Å². The molecule has 4 aromatic rings. The Balaban J connectivity index is 0.805. The van der Waals surface area contributed by atoms with E-state index in [1.807, 2.05) is 12.1 Å². The van der Waals surface area contributed by atoms with Crippen LogP contribution in [0.1, 0.15) is 126 Å². The molecule has 66 heavy (non-hydrogen) atoms. The maximum atomic E-state index is 16.3. The highest BCUT2D eigenvalue weighted by Crippen LogP contribution is 2.63. The Kier molecular flexibility index (Phi) is 11.6. The summed E-state index contributed by atoms with van der Waals surface area (Å²) < 4.78 is 16.3. The Morgan fingerprint density at radius 3 is 2.38 bits per heavy atom. The molecule has 0 bridgehead atoms. The molecule has 10 rings (SSSR count). The van der Waals surface area contributed by atoms with E-state index in [4.69, 9.17) is 23.2 Å². The van der Waals surface area contributed by atoms with E-state index in [1.165, 1.54) is 11.0 Å². The average molecular weight is 929 g/mol. The standard InChI is InChI=1S/C52H48Cl2FN5O6/c53-33-18-21-38-40(27-33)57-50(66)52(38)44(36-8-5-9-39(54)45(36)55)46(59-51(52)24-2-1-3-25-51)48(64)56-34-19-16-32(17-20-34)42(61)26-30-12-10-29(11-13-30)14-15-31-6-4-7-35-37(31)28-60(49(35)65)41-22-23-43(62)58-47(41)63/h4-9,16-21,27,29-30,41,44,46,59H,1-3,10-13,22-26,28H2,(H,56,64)(H,57,66)(H,58,62,63)/t29?,30?,41?,44-,46+,52+/m0/s1. The van der Waals surface area contributed by atoms with E-state index in [9.17, 15) is 28.8 Å². The molecule has 338 valence electrons. The summed E-state index contributed by atoms with van der Waals surface area (Å²) in [6.45, 7) is 0.268. The number of benzene rings is 4. The lowest BCUT2D eigenvalue weighted by Gasteiger charge is -2.47. The predicted molar refractivity (Wildman–Crippen MR) is 247 cm³/mol. The minimum absolute atomic E-state index is 0.00801. The summed E-state index contributed by atoms with van der Waals surface area (Å²) in [5.41, 5.74) is 2.26. The zero-order valence-electron chi connectivity index (χ0n) is 36.1. The molecular formula is C52H48Cl2FN5O6. The maximum absolute atomic E-state index is 16.3. The van der Waals surface area contributed by atoms with Crippen molar-refractivity contribution in [1.29, 1.82) is 0 Å². The molecule has 0 aromatic heterocycles. The molecule has 11 nitrogen and oxygen atoms in total. The van der Waals surface area contributed by atoms with Gasteiger partial charge in [-0.1, -0.05) is 78.6 Å².